The zero-order chi connectivity index (χ0) is 14.7. The van der Waals surface area contributed by atoms with E-state index in [0.717, 1.165) is 17.7 Å². The summed E-state index contributed by atoms with van der Waals surface area (Å²) in [5.74, 6) is 0.500. The Kier molecular flexibility index (Phi) is 5.00. The van der Waals surface area contributed by atoms with Crippen LogP contribution in [0.4, 0.5) is 4.39 Å². The summed E-state index contributed by atoms with van der Waals surface area (Å²) < 4.78 is 19.5. The molecule has 1 heterocycles. The van der Waals surface area contributed by atoms with Gasteiger partial charge in [0.2, 0.25) is 0 Å². The Balaban J connectivity index is 1.99. The molecule has 2 N–H and O–H groups in total. The second kappa shape index (κ2) is 6.55. The van der Waals surface area contributed by atoms with Crippen LogP contribution in [0.25, 0.3) is 0 Å². The number of ether oxygens (including phenoxy) is 1. The van der Waals surface area contributed by atoms with Crippen LogP contribution in [0.3, 0.4) is 0 Å². The van der Waals surface area contributed by atoms with Crippen LogP contribution in [-0.2, 0) is 0 Å². The second-order valence-corrected chi connectivity index (χ2v) is 5.84. The lowest BCUT2D eigenvalue weighted by molar-refractivity contribution is 0.231. The van der Waals surface area contributed by atoms with Gasteiger partial charge in [0.1, 0.15) is 11.6 Å². The molecule has 2 rings (SSSR count). The largest absolute Gasteiger partial charge is 0.493 e. The van der Waals surface area contributed by atoms with E-state index in [2.05, 4.69) is 11.9 Å². The summed E-state index contributed by atoms with van der Waals surface area (Å²) in [7, 11) is 2.16. The summed E-state index contributed by atoms with van der Waals surface area (Å²) in [5, 5.41) is 0. The maximum atomic E-state index is 13.6. The fourth-order valence-corrected chi connectivity index (χ4v) is 2.80. The SMILES string of the molecule is Cc1cc(OCCC2CCCN2C)c(C(C)N)cc1F. The van der Waals surface area contributed by atoms with Crippen molar-refractivity contribution < 1.29 is 9.13 Å². The van der Waals surface area contributed by atoms with Gasteiger partial charge < -0.3 is 15.4 Å². The van der Waals surface area contributed by atoms with Crippen molar-refractivity contribution in [1.29, 1.82) is 0 Å². The lowest BCUT2D eigenvalue weighted by Crippen LogP contribution is -2.26. The highest BCUT2D eigenvalue weighted by atomic mass is 19.1. The number of nitrogens with zero attached hydrogens (tertiary/aromatic N) is 1. The van der Waals surface area contributed by atoms with Crippen LogP contribution < -0.4 is 10.5 Å². The standard InChI is InChI=1S/C16H25FN2O/c1-11-9-16(14(12(2)18)10-15(11)17)20-8-6-13-5-4-7-19(13)3/h9-10,12-13H,4-8,18H2,1-3H3. The van der Waals surface area contributed by atoms with Crippen molar-refractivity contribution in [2.24, 2.45) is 5.73 Å². The Morgan fingerprint density at radius 1 is 1.50 bits per heavy atom. The fourth-order valence-electron chi connectivity index (χ4n) is 2.80. The molecule has 4 heteroatoms. The first kappa shape index (κ1) is 15.3. The van der Waals surface area contributed by atoms with E-state index in [1.807, 2.05) is 6.92 Å². The first-order valence-corrected chi connectivity index (χ1v) is 7.37. The number of rotatable bonds is 5. The molecule has 0 saturated carbocycles. The minimum atomic E-state index is -0.228. The van der Waals surface area contributed by atoms with E-state index in [-0.39, 0.29) is 11.9 Å². The molecule has 20 heavy (non-hydrogen) atoms. The molecule has 1 aliphatic heterocycles. The molecule has 2 atom stereocenters. The van der Waals surface area contributed by atoms with Crippen molar-refractivity contribution >= 4 is 0 Å². The Bertz CT molecular complexity index is 462. The van der Waals surface area contributed by atoms with Crippen LogP contribution in [0.2, 0.25) is 0 Å². The number of likely N-dealkylation sites (tertiary alicyclic amines) is 1. The van der Waals surface area contributed by atoms with Crippen molar-refractivity contribution in [3.05, 3.63) is 29.1 Å². The van der Waals surface area contributed by atoms with Gasteiger partial charge in [-0.05, 0) is 64.4 Å². The van der Waals surface area contributed by atoms with Crippen molar-refractivity contribution in [2.75, 3.05) is 20.2 Å². The molecule has 0 radical (unpaired) electrons. The van der Waals surface area contributed by atoms with Gasteiger partial charge in [-0.25, -0.2) is 4.39 Å². The molecule has 3 nitrogen and oxygen atoms in total. The topological polar surface area (TPSA) is 38.5 Å². The number of hydrogen-bond donors (Lipinski definition) is 1. The van der Waals surface area contributed by atoms with Crippen LogP contribution in [0.5, 0.6) is 5.75 Å². The molecule has 112 valence electrons. The molecule has 0 bridgehead atoms. The quantitative estimate of drug-likeness (QED) is 0.901. The normalized spacial score (nSPS) is 21.1. The molecular weight excluding hydrogens is 255 g/mol. The summed E-state index contributed by atoms with van der Waals surface area (Å²) in [5.41, 5.74) is 7.24. The lowest BCUT2D eigenvalue weighted by Gasteiger charge is -2.20. The molecule has 0 aromatic heterocycles. The predicted octanol–water partition coefficient (Wildman–Crippen LogP) is 3.02. The third-order valence-corrected chi connectivity index (χ3v) is 4.16. The summed E-state index contributed by atoms with van der Waals surface area (Å²) in [6, 6.07) is 3.63. The molecular formula is C16H25FN2O. The molecule has 0 spiro atoms. The summed E-state index contributed by atoms with van der Waals surface area (Å²) in [6.07, 6.45) is 3.51. The highest BCUT2D eigenvalue weighted by Crippen LogP contribution is 2.28. The van der Waals surface area contributed by atoms with Crippen molar-refractivity contribution in [3.63, 3.8) is 0 Å². The van der Waals surface area contributed by atoms with Crippen LogP contribution >= 0.6 is 0 Å². The zero-order valence-corrected chi connectivity index (χ0v) is 12.7. The number of hydrogen-bond acceptors (Lipinski definition) is 3. The van der Waals surface area contributed by atoms with Gasteiger partial charge in [0, 0.05) is 17.6 Å². The Hall–Kier alpha value is -1.13. The van der Waals surface area contributed by atoms with Crippen LogP contribution in [-0.4, -0.2) is 31.1 Å². The average Bonchev–Trinajstić information content (AvgIpc) is 2.79. The number of aryl methyl sites for hydroxylation is 1. The summed E-state index contributed by atoms with van der Waals surface area (Å²) in [6.45, 7) is 5.42. The maximum absolute atomic E-state index is 13.6. The smallest absolute Gasteiger partial charge is 0.126 e. The lowest BCUT2D eigenvalue weighted by atomic mass is 10.0. The van der Waals surface area contributed by atoms with Gasteiger partial charge in [-0.1, -0.05) is 0 Å². The van der Waals surface area contributed by atoms with Gasteiger partial charge in [-0.3, -0.25) is 0 Å². The highest BCUT2D eigenvalue weighted by Gasteiger charge is 2.20. The first-order chi connectivity index (χ1) is 9.49. The number of nitrogens with two attached hydrogens (primary N) is 1. The van der Waals surface area contributed by atoms with Gasteiger partial charge >= 0.3 is 0 Å². The molecule has 1 saturated heterocycles. The van der Waals surface area contributed by atoms with Gasteiger partial charge in [0.05, 0.1) is 6.61 Å². The highest BCUT2D eigenvalue weighted by molar-refractivity contribution is 5.39. The second-order valence-electron chi connectivity index (χ2n) is 5.84. The Labute approximate surface area is 120 Å². The van der Waals surface area contributed by atoms with Gasteiger partial charge in [0.15, 0.2) is 0 Å². The van der Waals surface area contributed by atoms with Gasteiger partial charge in [-0.2, -0.15) is 0 Å². The minimum Gasteiger partial charge on any atom is -0.493 e. The summed E-state index contributed by atoms with van der Waals surface area (Å²) >= 11 is 0. The predicted molar refractivity (Wildman–Crippen MR) is 79.5 cm³/mol. The van der Waals surface area contributed by atoms with E-state index in [4.69, 9.17) is 10.5 Å². The fraction of sp³-hybridized carbons (Fsp3) is 0.625. The van der Waals surface area contributed by atoms with E-state index in [1.54, 1.807) is 13.0 Å². The average molecular weight is 280 g/mol. The van der Waals surface area contributed by atoms with Crippen LogP contribution in [0, 0.1) is 12.7 Å². The Morgan fingerprint density at radius 2 is 2.25 bits per heavy atom. The summed E-state index contributed by atoms with van der Waals surface area (Å²) in [4.78, 5) is 2.38. The third-order valence-electron chi connectivity index (χ3n) is 4.16. The van der Waals surface area contributed by atoms with E-state index >= 15 is 0 Å². The third kappa shape index (κ3) is 3.49. The molecule has 1 fully saturated rings. The number of benzene rings is 1. The molecule has 2 unspecified atom stereocenters. The van der Waals surface area contributed by atoms with Crippen molar-refractivity contribution in [1.82, 2.24) is 4.90 Å². The van der Waals surface area contributed by atoms with E-state index < -0.39 is 0 Å². The van der Waals surface area contributed by atoms with Crippen molar-refractivity contribution in [2.45, 2.75) is 45.2 Å². The molecule has 1 aromatic rings. The van der Waals surface area contributed by atoms with Gasteiger partial charge in [-0.15, -0.1) is 0 Å². The molecule has 0 amide bonds. The Morgan fingerprint density at radius 3 is 2.85 bits per heavy atom. The van der Waals surface area contributed by atoms with Gasteiger partial charge in [0.25, 0.3) is 0 Å². The molecule has 0 aliphatic carbocycles. The minimum absolute atomic E-state index is 0.222. The van der Waals surface area contributed by atoms with Crippen LogP contribution in [0.1, 0.15) is 43.4 Å². The van der Waals surface area contributed by atoms with E-state index in [9.17, 15) is 4.39 Å². The van der Waals surface area contributed by atoms with Crippen molar-refractivity contribution in [3.8, 4) is 5.75 Å². The molecule has 1 aromatic carbocycles. The van der Waals surface area contributed by atoms with Crippen LogP contribution in [0.15, 0.2) is 12.1 Å². The zero-order valence-electron chi connectivity index (χ0n) is 12.7. The number of halogens is 1. The molecule has 1 aliphatic rings. The monoisotopic (exact) mass is 280 g/mol. The van der Waals surface area contributed by atoms with E-state index in [1.165, 1.54) is 25.5 Å². The first-order valence-electron chi connectivity index (χ1n) is 7.37. The van der Waals surface area contributed by atoms with E-state index in [0.29, 0.717) is 18.2 Å². The maximum Gasteiger partial charge on any atom is 0.126 e.